The molecule has 5 rings (SSSR count). The van der Waals surface area contributed by atoms with E-state index in [1.807, 2.05) is 30.3 Å². The van der Waals surface area contributed by atoms with Gasteiger partial charge in [-0.1, -0.05) is 18.2 Å². The van der Waals surface area contributed by atoms with Crippen LogP contribution in [0.2, 0.25) is 0 Å². The van der Waals surface area contributed by atoms with Gasteiger partial charge >= 0.3 is 0 Å². The van der Waals surface area contributed by atoms with E-state index in [-0.39, 0.29) is 5.91 Å². The lowest BCUT2D eigenvalue weighted by molar-refractivity contribution is -0.112. The van der Waals surface area contributed by atoms with Crippen LogP contribution in [0.1, 0.15) is 5.69 Å². The molecule has 3 heterocycles. The Balaban J connectivity index is 1.74. The number of benzene rings is 2. The lowest BCUT2D eigenvalue weighted by Gasteiger charge is -2.29. The average molecular weight is 344 g/mol. The Morgan fingerprint density at radius 1 is 1.00 bits per heavy atom. The molecule has 1 amide bonds. The average Bonchev–Trinajstić information content (AvgIpc) is 3.03. The van der Waals surface area contributed by atoms with E-state index in [9.17, 15) is 4.79 Å². The summed E-state index contributed by atoms with van der Waals surface area (Å²) in [7, 11) is 0. The van der Waals surface area contributed by atoms with Gasteiger partial charge in [0.05, 0.1) is 35.4 Å². The molecule has 0 bridgehead atoms. The maximum absolute atomic E-state index is 12.6. The summed E-state index contributed by atoms with van der Waals surface area (Å²) in [5, 5.41) is 2.39. The Bertz CT molecular complexity index is 1150. The first-order valence-corrected chi connectivity index (χ1v) is 8.61. The molecule has 0 saturated carbocycles. The van der Waals surface area contributed by atoms with Crippen molar-refractivity contribution in [3.63, 3.8) is 0 Å². The molecule has 0 radical (unpaired) electrons. The minimum absolute atomic E-state index is 0.247. The Hall–Kier alpha value is -3.12. The predicted octanol–water partition coefficient (Wildman–Crippen LogP) is 0.825. The van der Waals surface area contributed by atoms with Gasteiger partial charge in [0.15, 0.2) is 0 Å². The fourth-order valence-electron chi connectivity index (χ4n) is 3.55. The van der Waals surface area contributed by atoms with Crippen LogP contribution >= 0.6 is 0 Å². The molecule has 128 valence electrons. The number of morpholine rings is 1. The lowest BCUT2D eigenvalue weighted by atomic mass is 10.0. The minimum Gasteiger partial charge on any atom is -0.378 e. The molecule has 1 saturated heterocycles. The Morgan fingerprint density at radius 2 is 1.85 bits per heavy atom. The number of hydrogen-bond acceptors (Lipinski definition) is 5. The summed E-state index contributed by atoms with van der Waals surface area (Å²) in [6, 6.07) is 13.7. The van der Waals surface area contributed by atoms with Gasteiger partial charge in [-0.3, -0.25) is 4.79 Å². The summed E-state index contributed by atoms with van der Waals surface area (Å²) in [5.74, 6) is -0.247. The van der Waals surface area contributed by atoms with E-state index in [0.29, 0.717) is 16.6 Å². The molecule has 0 N–H and O–H groups in total. The first-order valence-electron chi connectivity index (χ1n) is 8.61. The molecule has 0 unspecified atom stereocenters. The lowest BCUT2D eigenvalue weighted by Crippen LogP contribution is -2.36. The van der Waals surface area contributed by atoms with Crippen molar-refractivity contribution in [2.45, 2.75) is 0 Å². The molecule has 6 heteroatoms. The van der Waals surface area contributed by atoms with Gasteiger partial charge in [0.25, 0.3) is 5.91 Å². The van der Waals surface area contributed by atoms with Gasteiger partial charge in [0.1, 0.15) is 6.33 Å². The zero-order chi connectivity index (χ0) is 17.5. The molecular formula is C20H16N4O2. The summed E-state index contributed by atoms with van der Waals surface area (Å²) in [4.78, 5) is 27.8. The molecule has 3 aromatic rings. The monoisotopic (exact) mass is 344 g/mol. The maximum atomic E-state index is 12.6. The largest absolute Gasteiger partial charge is 0.378 e. The second-order valence-electron chi connectivity index (χ2n) is 6.33. The van der Waals surface area contributed by atoms with Gasteiger partial charge in [-0.05, 0) is 24.3 Å². The van der Waals surface area contributed by atoms with E-state index in [4.69, 9.17) is 4.74 Å². The number of anilines is 1. The van der Waals surface area contributed by atoms with Crippen LogP contribution in [0.4, 0.5) is 5.69 Å². The molecule has 2 aliphatic heterocycles. The number of rotatable bonds is 2. The van der Waals surface area contributed by atoms with Crippen molar-refractivity contribution >= 4 is 28.1 Å². The minimum atomic E-state index is -0.247. The molecule has 1 aromatic heterocycles. The summed E-state index contributed by atoms with van der Waals surface area (Å²) in [6.45, 7) is 3.14. The van der Waals surface area contributed by atoms with Gasteiger partial charge in [-0.2, -0.15) is 0 Å². The number of para-hydroxylation sites is 1. The highest BCUT2D eigenvalue weighted by atomic mass is 16.5. The zero-order valence-electron chi connectivity index (χ0n) is 14.1. The van der Waals surface area contributed by atoms with Crippen LogP contribution in [0.15, 0.2) is 53.8 Å². The van der Waals surface area contributed by atoms with Crippen molar-refractivity contribution in [3.8, 4) is 0 Å². The predicted molar refractivity (Wildman–Crippen MR) is 97.3 cm³/mol. The highest BCUT2D eigenvalue weighted by molar-refractivity contribution is 6.23. The fraction of sp³-hybridized carbons (Fsp3) is 0.200. The first kappa shape index (κ1) is 15.2. The Morgan fingerprint density at radius 3 is 2.73 bits per heavy atom. The van der Waals surface area contributed by atoms with E-state index in [2.05, 4.69) is 32.0 Å². The van der Waals surface area contributed by atoms with Crippen LogP contribution < -0.4 is 15.5 Å². The zero-order valence-corrected chi connectivity index (χ0v) is 14.1. The van der Waals surface area contributed by atoms with Crippen molar-refractivity contribution in [1.82, 2.24) is 9.97 Å². The molecule has 1 fully saturated rings. The van der Waals surface area contributed by atoms with E-state index in [1.54, 1.807) is 0 Å². The quantitative estimate of drug-likeness (QED) is 0.689. The van der Waals surface area contributed by atoms with Crippen LogP contribution in [-0.2, 0) is 9.53 Å². The molecule has 26 heavy (non-hydrogen) atoms. The topological polar surface area (TPSA) is 67.7 Å². The number of carbonyl (C=O) groups is 1. The fourth-order valence-corrected chi connectivity index (χ4v) is 3.55. The SMILES string of the molecule is O=C1N=c2ccccc2=C1c1ncnc2ccc(N3CCOCC3)cc12. The number of ether oxygens (including phenoxy) is 1. The van der Waals surface area contributed by atoms with Crippen LogP contribution in [0, 0.1) is 0 Å². The van der Waals surface area contributed by atoms with Gasteiger partial charge in [-0.25, -0.2) is 15.0 Å². The van der Waals surface area contributed by atoms with Crippen LogP contribution in [0.5, 0.6) is 0 Å². The van der Waals surface area contributed by atoms with Crippen molar-refractivity contribution < 1.29 is 9.53 Å². The Labute approximate surface area is 149 Å². The summed E-state index contributed by atoms with van der Waals surface area (Å²) in [6.07, 6.45) is 1.51. The third-order valence-corrected chi connectivity index (χ3v) is 4.84. The van der Waals surface area contributed by atoms with E-state index >= 15 is 0 Å². The number of carbonyl (C=O) groups excluding carboxylic acids is 1. The normalized spacial score (nSPS) is 16.7. The molecular weight excluding hydrogens is 328 g/mol. The van der Waals surface area contributed by atoms with Gasteiger partial charge < -0.3 is 9.64 Å². The van der Waals surface area contributed by atoms with Gasteiger partial charge in [0, 0.05) is 29.4 Å². The molecule has 0 aliphatic carbocycles. The highest BCUT2D eigenvalue weighted by Gasteiger charge is 2.22. The third kappa shape index (κ3) is 2.38. The van der Waals surface area contributed by atoms with Crippen LogP contribution in [0.3, 0.4) is 0 Å². The maximum Gasteiger partial charge on any atom is 0.280 e. The molecule has 0 spiro atoms. The number of fused-ring (bicyclic) bond motifs is 2. The van der Waals surface area contributed by atoms with Crippen molar-refractivity contribution in [3.05, 3.63) is 65.1 Å². The van der Waals surface area contributed by atoms with Crippen molar-refractivity contribution in [2.75, 3.05) is 31.2 Å². The van der Waals surface area contributed by atoms with Gasteiger partial charge in [-0.15, -0.1) is 0 Å². The van der Waals surface area contributed by atoms with Crippen LogP contribution in [-0.4, -0.2) is 42.2 Å². The molecule has 2 aliphatic rings. The highest BCUT2D eigenvalue weighted by Crippen LogP contribution is 2.27. The number of nitrogens with zero attached hydrogens (tertiary/aromatic N) is 4. The summed E-state index contributed by atoms with van der Waals surface area (Å²) >= 11 is 0. The second-order valence-corrected chi connectivity index (χ2v) is 6.33. The third-order valence-electron chi connectivity index (χ3n) is 4.84. The number of aromatic nitrogens is 2. The molecule has 2 aromatic carbocycles. The van der Waals surface area contributed by atoms with Crippen LogP contribution in [0.25, 0.3) is 16.5 Å². The summed E-state index contributed by atoms with van der Waals surface area (Å²) < 4.78 is 5.44. The molecule has 0 atom stereocenters. The summed E-state index contributed by atoms with van der Waals surface area (Å²) in [5.41, 5.74) is 3.10. The van der Waals surface area contributed by atoms with E-state index in [0.717, 1.165) is 48.1 Å². The number of amides is 1. The smallest absolute Gasteiger partial charge is 0.280 e. The van der Waals surface area contributed by atoms with Gasteiger partial charge in [0.2, 0.25) is 0 Å². The van der Waals surface area contributed by atoms with E-state index in [1.165, 1.54) is 6.33 Å². The Kier molecular flexibility index (Phi) is 3.50. The van der Waals surface area contributed by atoms with Crippen molar-refractivity contribution in [2.24, 2.45) is 4.99 Å². The number of hydrogen-bond donors (Lipinski definition) is 0. The first-order chi connectivity index (χ1) is 12.8. The second kappa shape index (κ2) is 6.00. The van der Waals surface area contributed by atoms with Crippen molar-refractivity contribution in [1.29, 1.82) is 0 Å². The van der Waals surface area contributed by atoms with E-state index < -0.39 is 0 Å². The molecule has 6 nitrogen and oxygen atoms in total. The standard InChI is InChI=1S/C20H16N4O2/c25-20-18(14-3-1-2-4-17(14)23-20)19-15-11-13(24-7-9-26-10-8-24)5-6-16(15)21-12-22-19/h1-6,11-12H,7-10H2.